The quantitative estimate of drug-likeness (QED) is 0.652. The van der Waals surface area contributed by atoms with Gasteiger partial charge in [-0.15, -0.1) is 11.8 Å². The predicted molar refractivity (Wildman–Crippen MR) is 72.2 cm³/mol. The molecule has 0 aliphatic heterocycles. The van der Waals surface area contributed by atoms with Gasteiger partial charge in [-0.05, 0) is 23.8 Å². The third-order valence-corrected chi connectivity index (χ3v) is 3.57. The molecule has 5 heteroatoms. The minimum absolute atomic E-state index is 0.0823. The maximum Gasteiger partial charge on any atom is 0.491 e. The van der Waals surface area contributed by atoms with Crippen LogP contribution in [0.4, 0.5) is 4.39 Å². The first-order valence-corrected chi connectivity index (χ1v) is 6.47. The van der Waals surface area contributed by atoms with Crippen LogP contribution in [0.2, 0.25) is 0 Å². The molecule has 18 heavy (non-hydrogen) atoms. The summed E-state index contributed by atoms with van der Waals surface area (Å²) in [5.74, 6) is 0.0581. The molecule has 0 heterocycles. The molecule has 0 bridgehead atoms. The third kappa shape index (κ3) is 3.35. The van der Waals surface area contributed by atoms with Gasteiger partial charge in [0.15, 0.2) is 0 Å². The van der Waals surface area contributed by atoms with Crippen LogP contribution in [0.1, 0.15) is 5.56 Å². The number of thioether (sulfide) groups is 1. The molecule has 0 saturated carbocycles. The molecule has 2 N–H and O–H groups in total. The van der Waals surface area contributed by atoms with Gasteiger partial charge in [-0.1, -0.05) is 30.3 Å². The smallest absolute Gasteiger partial charge is 0.423 e. The van der Waals surface area contributed by atoms with Crippen molar-refractivity contribution in [3.8, 4) is 0 Å². The van der Waals surface area contributed by atoms with Gasteiger partial charge in [0, 0.05) is 16.1 Å². The molecule has 92 valence electrons. The third-order valence-electron chi connectivity index (χ3n) is 2.49. The molecule has 0 atom stereocenters. The van der Waals surface area contributed by atoms with E-state index in [1.54, 1.807) is 17.8 Å². The lowest BCUT2D eigenvalue weighted by Gasteiger charge is -2.06. The average Bonchev–Trinajstić information content (AvgIpc) is 2.38. The molecule has 0 saturated heterocycles. The summed E-state index contributed by atoms with van der Waals surface area (Å²) >= 11 is 1.61. The normalized spacial score (nSPS) is 10.4. The largest absolute Gasteiger partial charge is 0.491 e. The summed E-state index contributed by atoms with van der Waals surface area (Å²) in [6, 6.07) is 14.2. The van der Waals surface area contributed by atoms with Crippen molar-refractivity contribution in [2.75, 3.05) is 0 Å². The van der Waals surface area contributed by atoms with E-state index in [1.807, 2.05) is 30.3 Å². The average molecular weight is 262 g/mol. The van der Waals surface area contributed by atoms with Crippen LogP contribution in [0.3, 0.4) is 0 Å². The van der Waals surface area contributed by atoms with E-state index in [2.05, 4.69) is 0 Å². The fraction of sp³-hybridized carbons (Fsp3) is 0.0769. The van der Waals surface area contributed by atoms with Crippen molar-refractivity contribution in [2.24, 2.45) is 0 Å². The molecule has 0 aliphatic rings. The monoisotopic (exact) mass is 262 g/mol. The van der Waals surface area contributed by atoms with E-state index in [9.17, 15) is 4.39 Å². The molecule has 0 radical (unpaired) electrons. The molecule has 0 fully saturated rings. The van der Waals surface area contributed by atoms with Crippen molar-refractivity contribution in [1.82, 2.24) is 0 Å². The second-order valence-corrected chi connectivity index (χ2v) is 4.88. The fourth-order valence-corrected chi connectivity index (χ4v) is 2.43. The zero-order valence-electron chi connectivity index (χ0n) is 9.58. The molecule has 2 nitrogen and oxygen atoms in total. The van der Waals surface area contributed by atoms with E-state index in [4.69, 9.17) is 10.0 Å². The minimum atomic E-state index is -1.77. The van der Waals surface area contributed by atoms with Crippen LogP contribution in [-0.4, -0.2) is 17.2 Å². The molecule has 2 aromatic rings. The Morgan fingerprint density at radius 3 is 2.44 bits per heavy atom. The summed E-state index contributed by atoms with van der Waals surface area (Å²) in [6.07, 6.45) is 0. The zero-order chi connectivity index (χ0) is 13.0. The lowest BCUT2D eigenvalue weighted by molar-refractivity contribution is 0.423. The summed E-state index contributed by atoms with van der Waals surface area (Å²) in [5, 5.41) is 18.0. The number of rotatable bonds is 4. The number of benzene rings is 2. The lowest BCUT2D eigenvalue weighted by Crippen LogP contribution is -2.32. The Hall–Kier alpha value is -1.30. The molecule has 0 spiro atoms. The van der Waals surface area contributed by atoms with Gasteiger partial charge in [0.1, 0.15) is 5.82 Å². The second-order valence-electron chi connectivity index (χ2n) is 3.83. The van der Waals surface area contributed by atoms with Crippen molar-refractivity contribution >= 4 is 24.3 Å². The van der Waals surface area contributed by atoms with Crippen molar-refractivity contribution in [3.05, 3.63) is 59.9 Å². The molecular weight excluding hydrogens is 250 g/mol. The maximum absolute atomic E-state index is 13.3. The molecule has 2 rings (SSSR count). The van der Waals surface area contributed by atoms with Gasteiger partial charge in [0.05, 0.1) is 0 Å². The highest BCUT2D eigenvalue weighted by molar-refractivity contribution is 7.98. The van der Waals surface area contributed by atoms with E-state index in [1.165, 1.54) is 12.1 Å². The molecule has 0 amide bonds. The standard InChI is InChI=1S/C13H12BFO2S/c15-13-7-6-10(8-12(13)14(16)17)9-18-11-4-2-1-3-5-11/h1-8,16-17H,9H2. The predicted octanol–water partition coefficient (Wildman–Crippen LogP) is 1.80. The van der Waals surface area contributed by atoms with Crippen molar-refractivity contribution < 1.29 is 14.4 Å². The highest BCUT2D eigenvalue weighted by Crippen LogP contribution is 2.21. The zero-order valence-corrected chi connectivity index (χ0v) is 10.4. The van der Waals surface area contributed by atoms with Crippen LogP contribution in [0.15, 0.2) is 53.4 Å². The van der Waals surface area contributed by atoms with Crippen LogP contribution in [0.5, 0.6) is 0 Å². The van der Waals surface area contributed by atoms with Crippen LogP contribution >= 0.6 is 11.8 Å². The molecule has 0 aromatic heterocycles. The van der Waals surface area contributed by atoms with Gasteiger partial charge in [-0.2, -0.15) is 0 Å². The Morgan fingerprint density at radius 1 is 1.06 bits per heavy atom. The summed E-state index contributed by atoms with van der Waals surface area (Å²) in [7, 11) is -1.77. The van der Waals surface area contributed by atoms with Crippen LogP contribution in [0, 0.1) is 5.82 Å². The summed E-state index contributed by atoms with van der Waals surface area (Å²) in [6.45, 7) is 0. The van der Waals surface area contributed by atoms with Crippen molar-refractivity contribution in [1.29, 1.82) is 0 Å². The van der Waals surface area contributed by atoms with Gasteiger partial charge in [0.25, 0.3) is 0 Å². The lowest BCUT2D eigenvalue weighted by atomic mass is 9.79. The summed E-state index contributed by atoms with van der Waals surface area (Å²) in [4.78, 5) is 1.12. The van der Waals surface area contributed by atoms with Crippen LogP contribution in [0.25, 0.3) is 0 Å². The molecular formula is C13H12BFO2S. The van der Waals surface area contributed by atoms with Gasteiger partial charge < -0.3 is 10.0 Å². The van der Waals surface area contributed by atoms with E-state index in [0.29, 0.717) is 5.75 Å². The van der Waals surface area contributed by atoms with E-state index in [0.717, 1.165) is 10.5 Å². The number of hydrogen-bond acceptors (Lipinski definition) is 3. The molecule has 2 aromatic carbocycles. The van der Waals surface area contributed by atoms with Gasteiger partial charge in [0.2, 0.25) is 0 Å². The van der Waals surface area contributed by atoms with E-state index < -0.39 is 12.9 Å². The topological polar surface area (TPSA) is 40.5 Å². The number of halogens is 1. The van der Waals surface area contributed by atoms with E-state index >= 15 is 0 Å². The van der Waals surface area contributed by atoms with Crippen molar-refractivity contribution in [2.45, 2.75) is 10.6 Å². The van der Waals surface area contributed by atoms with Crippen LogP contribution in [-0.2, 0) is 5.75 Å². The fourth-order valence-electron chi connectivity index (χ4n) is 1.56. The first kappa shape index (κ1) is 13.1. The van der Waals surface area contributed by atoms with Gasteiger partial charge in [-0.25, -0.2) is 4.39 Å². The minimum Gasteiger partial charge on any atom is -0.423 e. The van der Waals surface area contributed by atoms with Crippen molar-refractivity contribution in [3.63, 3.8) is 0 Å². The Labute approximate surface area is 110 Å². The summed E-state index contributed by atoms with van der Waals surface area (Å²) < 4.78 is 13.3. The molecule has 0 aliphatic carbocycles. The number of hydrogen-bond donors (Lipinski definition) is 2. The first-order valence-electron chi connectivity index (χ1n) is 5.49. The summed E-state index contributed by atoms with van der Waals surface area (Å²) in [5.41, 5.74) is 0.773. The highest BCUT2D eigenvalue weighted by atomic mass is 32.2. The highest BCUT2D eigenvalue weighted by Gasteiger charge is 2.16. The van der Waals surface area contributed by atoms with Gasteiger partial charge >= 0.3 is 7.12 Å². The van der Waals surface area contributed by atoms with Crippen LogP contribution < -0.4 is 5.46 Å². The van der Waals surface area contributed by atoms with Gasteiger partial charge in [-0.3, -0.25) is 0 Å². The second kappa shape index (κ2) is 6.04. The SMILES string of the molecule is OB(O)c1cc(CSc2ccccc2)ccc1F. The molecule has 0 unspecified atom stereocenters. The Bertz CT molecular complexity index is 520. The maximum atomic E-state index is 13.3. The van der Waals surface area contributed by atoms with E-state index in [-0.39, 0.29) is 5.46 Å². The Morgan fingerprint density at radius 2 is 1.78 bits per heavy atom. The first-order chi connectivity index (χ1) is 8.66. The Balaban J connectivity index is 2.08. The Kier molecular flexibility index (Phi) is 4.41.